The van der Waals surface area contributed by atoms with Crippen LogP contribution >= 0.6 is 0 Å². The normalized spacial score (nSPS) is 14.8. The molecule has 2 aromatic carbocycles. The van der Waals surface area contributed by atoms with Gasteiger partial charge in [0.1, 0.15) is 0 Å². The molecule has 1 N–H and O–H groups in total. The molecule has 4 rings (SSSR count). The SMILES string of the molecule is C=C.C=C1Nc2c(ccc3c2c2ccccc2n3C)C1=NC. The van der Waals surface area contributed by atoms with Gasteiger partial charge in [-0.15, -0.1) is 13.2 Å². The average molecular weight is 289 g/mol. The molecule has 0 aliphatic carbocycles. The summed E-state index contributed by atoms with van der Waals surface area (Å²) in [6.45, 7) is 10.1. The number of nitrogens with zero attached hydrogens (tertiary/aromatic N) is 2. The molecule has 0 fully saturated rings. The van der Waals surface area contributed by atoms with Crippen LogP contribution in [0.15, 0.2) is 66.8 Å². The molecule has 0 spiro atoms. The van der Waals surface area contributed by atoms with Crippen LogP contribution in [-0.2, 0) is 7.05 Å². The zero-order valence-electron chi connectivity index (χ0n) is 13.0. The van der Waals surface area contributed by atoms with Crippen LogP contribution < -0.4 is 5.32 Å². The summed E-state index contributed by atoms with van der Waals surface area (Å²) in [5.41, 5.74) is 6.57. The molecule has 0 bridgehead atoms. The van der Waals surface area contributed by atoms with Gasteiger partial charge in [0.25, 0.3) is 0 Å². The summed E-state index contributed by atoms with van der Waals surface area (Å²) in [6, 6.07) is 12.8. The third kappa shape index (κ3) is 1.72. The van der Waals surface area contributed by atoms with Crippen LogP contribution in [0.3, 0.4) is 0 Å². The van der Waals surface area contributed by atoms with Crippen molar-refractivity contribution in [2.24, 2.45) is 12.0 Å². The molecular weight excluding hydrogens is 270 g/mol. The van der Waals surface area contributed by atoms with Crippen molar-refractivity contribution in [3.63, 3.8) is 0 Å². The van der Waals surface area contributed by atoms with Crippen LogP contribution in [0.4, 0.5) is 5.69 Å². The number of anilines is 1. The lowest BCUT2D eigenvalue weighted by atomic mass is 10.1. The van der Waals surface area contributed by atoms with Crippen molar-refractivity contribution in [2.45, 2.75) is 0 Å². The van der Waals surface area contributed by atoms with Gasteiger partial charge < -0.3 is 9.88 Å². The van der Waals surface area contributed by atoms with Crippen molar-refractivity contribution >= 4 is 33.2 Å². The van der Waals surface area contributed by atoms with E-state index in [0.717, 1.165) is 22.7 Å². The number of nitrogens with one attached hydrogen (secondary N) is 1. The monoisotopic (exact) mass is 289 g/mol. The summed E-state index contributed by atoms with van der Waals surface area (Å²) < 4.78 is 2.23. The second kappa shape index (κ2) is 5.19. The second-order valence-electron chi connectivity index (χ2n) is 5.13. The molecule has 3 aromatic rings. The predicted octanol–water partition coefficient (Wildman–Crippen LogP) is 4.49. The van der Waals surface area contributed by atoms with Gasteiger partial charge in [0, 0.05) is 35.9 Å². The zero-order chi connectivity index (χ0) is 15.9. The van der Waals surface area contributed by atoms with Crippen molar-refractivity contribution in [2.75, 3.05) is 12.4 Å². The van der Waals surface area contributed by atoms with E-state index in [1.54, 1.807) is 0 Å². The summed E-state index contributed by atoms with van der Waals surface area (Å²) in [5, 5.41) is 5.92. The Kier molecular flexibility index (Phi) is 3.33. The average Bonchev–Trinajstić information content (AvgIpc) is 3.04. The molecule has 22 heavy (non-hydrogen) atoms. The highest BCUT2D eigenvalue weighted by molar-refractivity contribution is 6.28. The van der Waals surface area contributed by atoms with Gasteiger partial charge in [-0.2, -0.15) is 0 Å². The molecule has 0 atom stereocenters. The number of hydrogen-bond acceptors (Lipinski definition) is 2. The molecule has 1 aromatic heterocycles. The van der Waals surface area contributed by atoms with Crippen molar-refractivity contribution < 1.29 is 0 Å². The third-order valence-electron chi connectivity index (χ3n) is 4.12. The van der Waals surface area contributed by atoms with E-state index in [9.17, 15) is 0 Å². The van der Waals surface area contributed by atoms with E-state index in [-0.39, 0.29) is 0 Å². The molecule has 3 heteroatoms. The first kappa shape index (κ1) is 14.1. The first-order valence-electron chi connectivity index (χ1n) is 7.16. The van der Waals surface area contributed by atoms with E-state index in [2.05, 4.69) is 78.1 Å². The van der Waals surface area contributed by atoms with Gasteiger partial charge in [0.05, 0.1) is 22.6 Å². The number of aromatic nitrogens is 1. The lowest BCUT2D eigenvalue weighted by Crippen LogP contribution is -1.99. The van der Waals surface area contributed by atoms with E-state index in [1.807, 2.05) is 7.05 Å². The van der Waals surface area contributed by atoms with Crippen LogP contribution in [0.25, 0.3) is 21.8 Å². The van der Waals surface area contributed by atoms with E-state index in [1.165, 1.54) is 21.8 Å². The molecule has 0 saturated carbocycles. The molecule has 0 saturated heterocycles. The molecule has 0 amide bonds. The highest BCUT2D eigenvalue weighted by atomic mass is 15.0. The van der Waals surface area contributed by atoms with E-state index < -0.39 is 0 Å². The quantitative estimate of drug-likeness (QED) is 0.607. The summed E-state index contributed by atoms with van der Waals surface area (Å²) >= 11 is 0. The molecule has 1 aliphatic rings. The van der Waals surface area contributed by atoms with Gasteiger partial charge in [-0.25, -0.2) is 0 Å². The Morgan fingerprint density at radius 3 is 2.50 bits per heavy atom. The largest absolute Gasteiger partial charge is 0.353 e. The molecule has 0 radical (unpaired) electrons. The number of benzene rings is 2. The highest BCUT2D eigenvalue weighted by Crippen LogP contribution is 2.40. The molecule has 110 valence electrons. The number of rotatable bonds is 0. The summed E-state index contributed by atoms with van der Waals surface area (Å²) in [4.78, 5) is 4.35. The predicted molar refractivity (Wildman–Crippen MR) is 96.9 cm³/mol. The van der Waals surface area contributed by atoms with Gasteiger partial charge >= 0.3 is 0 Å². The van der Waals surface area contributed by atoms with Crippen LogP contribution in [0.2, 0.25) is 0 Å². The van der Waals surface area contributed by atoms with Crippen LogP contribution in [0.5, 0.6) is 0 Å². The summed E-state index contributed by atoms with van der Waals surface area (Å²) in [7, 11) is 3.92. The lowest BCUT2D eigenvalue weighted by molar-refractivity contribution is 1.01. The van der Waals surface area contributed by atoms with Crippen molar-refractivity contribution in [3.8, 4) is 0 Å². The van der Waals surface area contributed by atoms with Crippen molar-refractivity contribution in [1.82, 2.24) is 4.57 Å². The number of fused-ring (bicyclic) bond motifs is 5. The molecule has 3 nitrogen and oxygen atoms in total. The molecular formula is C19H19N3. The van der Waals surface area contributed by atoms with Gasteiger partial charge in [-0.1, -0.05) is 24.8 Å². The maximum Gasteiger partial charge on any atom is 0.0892 e. The minimum atomic E-state index is 0.878. The Morgan fingerprint density at radius 2 is 1.77 bits per heavy atom. The molecule has 0 unspecified atom stereocenters. The van der Waals surface area contributed by atoms with E-state index >= 15 is 0 Å². The van der Waals surface area contributed by atoms with Crippen LogP contribution in [0, 0.1) is 0 Å². The Morgan fingerprint density at radius 1 is 1.05 bits per heavy atom. The number of hydrogen-bond donors (Lipinski definition) is 1. The molecule has 1 aliphatic heterocycles. The number of aliphatic imine (C=N–C) groups is 1. The highest BCUT2D eigenvalue weighted by Gasteiger charge is 2.24. The summed E-state index contributed by atoms with van der Waals surface area (Å²) in [5.74, 6) is 0. The lowest BCUT2D eigenvalue weighted by Gasteiger charge is -2.02. The fourth-order valence-corrected chi connectivity index (χ4v) is 3.21. The second-order valence-corrected chi connectivity index (χ2v) is 5.13. The third-order valence-corrected chi connectivity index (χ3v) is 4.12. The fraction of sp³-hybridized carbons (Fsp3) is 0.105. The van der Waals surface area contributed by atoms with Crippen molar-refractivity contribution in [1.29, 1.82) is 0 Å². The van der Waals surface area contributed by atoms with Gasteiger partial charge in [0.15, 0.2) is 0 Å². The maximum atomic E-state index is 4.35. The van der Waals surface area contributed by atoms with Gasteiger partial charge in [-0.05, 0) is 18.2 Å². The summed E-state index contributed by atoms with van der Waals surface area (Å²) in [6.07, 6.45) is 0. The topological polar surface area (TPSA) is 29.3 Å². The van der Waals surface area contributed by atoms with E-state index in [4.69, 9.17) is 0 Å². The van der Waals surface area contributed by atoms with Crippen molar-refractivity contribution in [3.05, 3.63) is 67.4 Å². The fourth-order valence-electron chi connectivity index (χ4n) is 3.21. The van der Waals surface area contributed by atoms with Crippen LogP contribution in [-0.4, -0.2) is 17.3 Å². The van der Waals surface area contributed by atoms with Gasteiger partial charge in [-0.3, -0.25) is 4.99 Å². The van der Waals surface area contributed by atoms with Gasteiger partial charge in [0.2, 0.25) is 0 Å². The van der Waals surface area contributed by atoms with Crippen LogP contribution in [0.1, 0.15) is 5.56 Å². The first-order chi connectivity index (χ1) is 10.7. The Balaban J connectivity index is 0.000000693. The standard InChI is InChI=1S/C17H15N3.C2H4/c1-10-16(18-2)12-8-9-14-15(17(12)19-10)11-6-4-5-7-13(11)20(14)3;1-2/h4-9,19H,1H2,2-3H3;1-2H2. The molecule has 2 heterocycles. The minimum absolute atomic E-state index is 0.878. The first-order valence-corrected chi connectivity index (χ1v) is 7.16. The maximum absolute atomic E-state index is 4.35. The Hall–Kier alpha value is -2.81. The number of aryl methyl sites for hydroxylation is 1. The zero-order valence-corrected chi connectivity index (χ0v) is 13.0. The Labute approximate surface area is 130 Å². The number of allylic oxidation sites excluding steroid dienone is 1. The van der Waals surface area contributed by atoms with E-state index in [0.29, 0.717) is 0 Å². The Bertz CT molecular complexity index is 929. The number of para-hydroxylation sites is 1. The smallest absolute Gasteiger partial charge is 0.0892 e. The minimum Gasteiger partial charge on any atom is -0.353 e.